The zero-order valence-electron chi connectivity index (χ0n) is 23.5. The summed E-state index contributed by atoms with van der Waals surface area (Å²) in [7, 11) is 0. The fourth-order valence-electron chi connectivity index (χ4n) is 5.44. The van der Waals surface area contributed by atoms with Gasteiger partial charge in [-0.05, 0) is 36.6 Å². The number of hydrogen-bond acceptors (Lipinski definition) is 7. The number of amides is 1. The first kappa shape index (κ1) is 29.8. The Hall–Kier alpha value is -5.29. The van der Waals surface area contributed by atoms with Crippen molar-refractivity contribution in [2.75, 3.05) is 5.32 Å². The number of aromatic nitrogens is 7. The van der Waals surface area contributed by atoms with E-state index in [0.29, 0.717) is 35.1 Å². The van der Waals surface area contributed by atoms with Crippen LogP contribution in [0.15, 0.2) is 66.0 Å². The average Bonchev–Trinajstić information content (AvgIpc) is 3.68. The SMILES string of the molecule is C[C@@H]1CCC[C@H](n2cnc(-c3c(-n4cc(C#N)nn4)ccc(Cl)c3F)cc2=O)c2cccc(c2)-c2c(cnn2C(F)F)NC1=O. The first-order valence-corrected chi connectivity index (χ1v) is 14.2. The van der Waals surface area contributed by atoms with Crippen molar-refractivity contribution in [3.63, 3.8) is 0 Å². The van der Waals surface area contributed by atoms with Crippen molar-refractivity contribution < 1.29 is 18.0 Å². The number of alkyl halides is 2. The summed E-state index contributed by atoms with van der Waals surface area (Å²) in [5, 5.41) is 23.1. The molecule has 228 valence electrons. The highest BCUT2D eigenvalue weighted by Crippen LogP contribution is 2.36. The van der Waals surface area contributed by atoms with Crippen LogP contribution >= 0.6 is 11.6 Å². The number of nitriles is 1. The Morgan fingerprint density at radius 2 is 1.98 bits per heavy atom. The van der Waals surface area contributed by atoms with Crippen LogP contribution in [-0.4, -0.2) is 40.2 Å². The van der Waals surface area contributed by atoms with Gasteiger partial charge in [0.1, 0.15) is 6.07 Å². The van der Waals surface area contributed by atoms with Gasteiger partial charge < -0.3 is 5.32 Å². The third-order valence-corrected chi connectivity index (χ3v) is 7.99. The lowest BCUT2D eigenvalue weighted by atomic mass is 9.94. The number of nitrogens with zero attached hydrogens (tertiary/aromatic N) is 8. The number of benzene rings is 2. The summed E-state index contributed by atoms with van der Waals surface area (Å²) in [6, 6.07) is 12.0. The number of anilines is 1. The van der Waals surface area contributed by atoms with Crippen LogP contribution in [0.5, 0.6) is 0 Å². The predicted molar refractivity (Wildman–Crippen MR) is 157 cm³/mol. The van der Waals surface area contributed by atoms with E-state index < -0.39 is 29.9 Å². The van der Waals surface area contributed by atoms with Crippen LogP contribution in [0.1, 0.15) is 50.0 Å². The number of carbonyl (C=O) groups is 1. The Morgan fingerprint density at radius 1 is 1.16 bits per heavy atom. The van der Waals surface area contributed by atoms with Gasteiger partial charge in [-0.2, -0.15) is 19.1 Å². The summed E-state index contributed by atoms with van der Waals surface area (Å²) in [5.74, 6) is -1.63. The van der Waals surface area contributed by atoms with Crippen LogP contribution in [-0.2, 0) is 4.79 Å². The number of halogens is 4. The van der Waals surface area contributed by atoms with Crippen molar-refractivity contribution in [2.45, 2.75) is 38.8 Å². The average molecular weight is 634 g/mol. The van der Waals surface area contributed by atoms with Crippen LogP contribution in [0.3, 0.4) is 0 Å². The number of fused-ring (bicyclic) bond motifs is 4. The second-order valence-electron chi connectivity index (χ2n) is 10.5. The quantitative estimate of drug-likeness (QED) is 0.266. The minimum atomic E-state index is -2.96. The maximum absolute atomic E-state index is 15.5. The molecule has 6 rings (SSSR count). The standard InChI is InChI=1S/C30H23ClF3N9O2/c1-16-4-2-7-23(17-5-3-6-18(10-17)28-22(38-29(16)45)13-37-43(28)30(33)34)41-15-36-21(11-25(41)44)26-24(9-8-20(31)27(26)32)42-14-19(12-35)39-40-42/h3,5-6,8-11,13-16,23,30H,2,4,7H2,1H3,(H,38,45)/t16-,23+/m1/s1. The second-order valence-corrected chi connectivity index (χ2v) is 10.9. The van der Waals surface area contributed by atoms with Crippen LogP contribution in [0, 0.1) is 23.1 Å². The van der Waals surface area contributed by atoms with Crippen LogP contribution in [0.2, 0.25) is 5.02 Å². The lowest BCUT2D eigenvalue weighted by Gasteiger charge is -2.23. The Labute approximate surface area is 258 Å². The van der Waals surface area contributed by atoms with Gasteiger partial charge in [0.2, 0.25) is 5.91 Å². The molecule has 2 atom stereocenters. The predicted octanol–water partition coefficient (Wildman–Crippen LogP) is 5.76. The lowest BCUT2D eigenvalue weighted by molar-refractivity contribution is -0.119. The van der Waals surface area contributed by atoms with Gasteiger partial charge in [0, 0.05) is 17.5 Å². The normalized spacial score (nSPS) is 16.8. The number of rotatable bonds is 4. The number of hydrogen-bond donors (Lipinski definition) is 1. The second kappa shape index (κ2) is 12.0. The first-order valence-electron chi connectivity index (χ1n) is 13.8. The van der Waals surface area contributed by atoms with Crippen molar-refractivity contribution in [3.8, 4) is 34.3 Å². The van der Waals surface area contributed by atoms with Gasteiger partial charge in [-0.1, -0.05) is 48.4 Å². The zero-order valence-corrected chi connectivity index (χ0v) is 24.3. The van der Waals surface area contributed by atoms with Crippen molar-refractivity contribution in [1.82, 2.24) is 34.3 Å². The molecular formula is C30H23ClF3N9O2. The summed E-state index contributed by atoms with van der Waals surface area (Å²) in [4.78, 5) is 31.0. The molecule has 1 N–H and O–H groups in total. The van der Waals surface area contributed by atoms with Gasteiger partial charge in [-0.15, -0.1) is 5.10 Å². The molecule has 11 nitrogen and oxygen atoms in total. The summed E-state index contributed by atoms with van der Waals surface area (Å²) < 4.78 is 46.4. The molecule has 1 aliphatic rings. The molecule has 0 spiro atoms. The van der Waals surface area contributed by atoms with Crippen LogP contribution in [0.4, 0.5) is 18.9 Å². The third kappa shape index (κ3) is 5.58. The minimum Gasteiger partial charge on any atom is -0.323 e. The molecule has 3 aromatic heterocycles. The summed E-state index contributed by atoms with van der Waals surface area (Å²) in [6.07, 6.45) is 5.20. The summed E-state index contributed by atoms with van der Waals surface area (Å²) >= 11 is 6.09. The largest absolute Gasteiger partial charge is 0.333 e. The van der Waals surface area contributed by atoms with E-state index in [0.717, 1.165) is 0 Å². The summed E-state index contributed by atoms with van der Waals surface area (Å²) in [6.45, 7) is -1.23. The molecule has 0 aliphatic carbocycles. The van der Waals surface area contributed by atoms with Crippen molar-refractivity contribution >= 4 is 23.2 Å². The molecule has 2 bridgehead atoms. The fourth-order valence-corrected chi connectivity index (χ4v) is 5.60. The van der Waals surface area contributed by atoms with E-state index in [1.165, 1.54) is 46.2 Å². The van der Waals surface area contributed by atoms with E-state index in [4.69, 9.17) is 16.9 Å². The molecule has 45 heavy (non-hydrogen) atoms. The molecule has 2 aromatic carbocycles. The van der Waals surface area contributed by atoms with E-state index in [1.807, 2.05) is 6.07 Å². The van der Waals surface area contributed by atoms with Gasteiger partial charge in [0.15, 0.2) is 11.5 Å². The van der Waals surface area contributed by atoms with E-state index in [9.17, 15) is 18.4 Å². The molecular weight excluding hydrogens is 611 g/mol. The highest BCUT2D eigenvalue weighted by atomic mass is 35.5. The molecule has 15 heteroatoms. The molecule has 0 saturated heterocycles. The van der Waals surface area contributed by atoms with E-state index in [-0.39, 0.29) is 44.9 Å². The minimum absolute atomic E-state index is 0.0000563. The van der Waals surface area contributed by atoms with E-state index >= 15 is 4.39 Å². The summed E-state index contributed by atoms with van der Waals surface area (Å²) in [5.41, 5.74) is 0.681. The number of nitrogens with one attached hydrogen (secondary N) is 1. The maximum atomic E-state index is 15.5. The molecule has 4 heterocycles. The van der Waals surface area contributed by atoms with Crippen molar-refractivity contribution in [1.29, 1.82) is 5.26 Å². The van der Waals surface area contributed by atoms with Crippen LogP contribution < -0.4 is 10.9 Å². The molecule has 0 radical (unpaired) electrons. The van der Waals surface area contributed by atoms with Gasteiger partial charge in [-0.3, -0.25) is 14.2 Å². The molecule has 0 fully saturated rings. The van der Waals surface area contributed by atoms with Crippen molar-refractivity contribution in [2.24, 2.45) is 5.92 Å². The molecule has 1 amide bonds. The van der Waals surface area contributed by atoms with Gasteiger partial charge in [-0.25, -0.2) is 18.7 Å². The van der Waals surface area contributed by atoms with Crippen LogP contribution in [0.25, 0.3) is 28.2 Å². The zero-order chi connectivity index (χ0) is 31.8. The smallest absolute Gasteiger partial charge is 0.323 e. The monoisotopic (exact) mass is 633 g/mol. The Morgan fingerprint density at radius 3 is 2.71 bits per heavy atom. The molecule has 0 unspecified atom stereocenters. The van der Waals surface area contributed by atoms with Gasteiger partial charge in [0.05, 0.1) is 58.1 Å². The Balaban J connectivity index is 1.46. The highest BCUT2D eigenvalue weighted by Gasteiger charge is 2.26. The maximum Gasteiger partial charge on any atom is 0.333 e. The Bertz CT molecular complexity index is 2030. The number of carbonyl (C=O) groups excluding carboxylic acids is 1. The highest BCUT2D eigenvalue weighted by molar-refractivity contribution is 6.31. The lowest BCUT2D eigenvalue weighted by Crippen LogP contribution is -2.26. The fraction of sp³-hybridized carbons (Fsp3) is 0.233. The van der Waals surface area contributed by atoms with Crippen molar-refractivity contribution in [3.05, 3.63) is 93.6 Å². The van der Waals surface area contributed by atoms with E-state index in [2.05, 4.69) is 25.7 Å². The molecule has 0 saturated carbocycles. The van der Waals surface area contributed by atoms with Gasteiger partial charge in [0.25, 0.3) is 5.56 Å². The first-order chi connectivity index (χ1) is 21.7. The Kier molecular flexibility index (Phi) is 7.94. The van der Waals surface area contributed by atoms with Gasteiger partial charge >= 0.3 is 6.55 Å². The van der Waals surface area contributed by atoms with E-state index in [1.54, 1.807) is 31.2 Å². The molecule has 1 aliphatic heterocycles. The topological polar surface area (TPSA) is 136 Å². The third-order valence-electron chi connectivity index (χ3n) is 7.70. The molecule has 5 aromatic rings.